The Hall–Kier alpha value is -3.17. The van der Waals surface area contributed by atoms with Crippen molar-refractivity contribution in [2.75, 3.05) is 5.75 Å². The first-order valence-electron chi connectivity index (χ1n) is 9.40. The third-order valence-electron chi connectivity index (χ3n) is 4.23. The molecule has 0 aromatic carbocycles. The van der Waals surface area contributed by atoms with E-state index in [2.05, 4.69) is 38.5 Å². The highest BCUT2D eigenvalue weighted by molar-refractivity contribution is 7.80. The summed E-state index contributed by atoms with van der Waals surface area (Å²) in [5, 5.41) is 26.0. The van der Waals surface area contributed by atoms with Gasteiger partial charge in [-0.1, -0.05) is 0 Å². The fraction of sp³-hybridized carbons (Fsp3) is 0.529. The van der Waals surface area contributed by atoms with Crippen molar-refractivity contribution in [2.45, 2.75) is 50.0 Å². The average Bonchev–Trinajstić information content (AvgIpc) is 3.21. The molecule has 0 aliphatic heterocycles. The normalized spacial score (nSPS) is 15.5. The minimum absolute atomic E-state index is 0.0849. The van der Waals surface area contributed by atoms with Crippen molar-refractivity contribution in [2.24, 2.45) is 11.5 Å². The van der Waals surface area contributed by atoms with Crippen molar-refractivity contribution >= 4 is 42.2 Å². The van der Waals surface area contributed by atoms with Gasteiger partial charge in [0, 0.05) is 24.1 Å². The number of nitrogens with one attached hydrogen (secondary N) is 4. The average molecular weight is 474 g/mol. The maximum absolute atomic E-state index is 12.6. The number of imidazole rings is 1. The molecule has 178 valence electrons. The van der Waals surface area contributed by atoms with Gasteiger partial charge >= 0.3 is 5.97 Å². The van der Waals surface area contributed by atoms with E-state index < -0.39 is 66.3 Å². The summed E-state index contributed by atoms with van der Waals surface area (Å²) in [6, 6.07) is -5.46. The van der Waals surface area contributed by atoms with Crippen LogP contribution in [0.2, 0.25) is 0 Å². The number of aliphatic hydroxyl groups excluding tert-OH is 1. The lowest BCUT2D eigenvalue weighted by Gasteiger charge is -2.25. The molecule has 32 heavy (non-hydrogen) atoms. The quantitative estimate of drug-likeness (QED) is 0.127. The molecular weight excluding hydrogens is 446 g/mol. The summed E-state index contributed by atoms with van der Waals surface area (Å²) in [6.45, 7) is 1.21. The zero-order valence-corrected chi connectivity index (χ0v) is 18.0. The van der Waals surface area contributed by atoms with E-state index in [1.165, 1.54) is 19.4 Å². The Balaban J connectivity index is 2.81. The molecular formula is C17H27N7O7S. The fourth-order valence-electron chi connectivity index (χ4n) is 2.52. The number of thiol groups is 1. The van der Waals surface area contributed by atoms with E-state index in [0.717, 1.165) is 0 Å². The number of aliphatic hydroxyl groups is 1. The lowest BCUT2D eigenvalue weighted by Crippen LogP contribution is -2.60. The summed E-state index contributed by atoms with van der Waals surface area (Å²) in [6.07, 6.45) is 0.800. The van der Waals surface area contributed by atoms with Gasteiger partial charge in [-0.25, -0.2) is 9.78 Å². The predicted octanol–water partition coefficient (Wildman–Crippen LogP) is -4.00. The standard InChI is InChI=1S/C17H27N7O7S/c1-7(25)13(24-14(27)9(18)3-12(19)26)16(29)23-11(5-32)15(28)22-10(17(30)31)2-8-4-20-6-21-8/h4,6-7,9-11,13,25,32H,2-3,5,18H2,1H3,(H2,19,26)(H,20,21)(H,22,28)(H,23,29)(H,24,27)(H,30,31). The van der Waals surface area contributed by atoms with E-state index in [1.54, 1.807) is 0 Å². The molecule has 1 heterocycles. The number of carbonyl (C=O) groups is 5. The molecule has 0 aliphatic carbocycles. The van der Waals surface area contributed by atoms with Gasteiger partial charge in [-0.15, -0.1) is 0 Å². The van der Waals surface area contributed by atoms with Gasteiger partial charge in [-0.05, 0) is 6.92 Å². The SMILES string of the molecule is CC(O)C(NC(=O)C(N)CC(N)=O)C(=O)NC(CS)C(=O)NC(Cc1cnc[nH]1)C(=O)O. The Labute approximate surface area is 188 Å². The number of rotatable bonds is 13. The van der Waals surface area contributed by atoms with Crippen LogP contribution < -0.4 is 27.4 Å². The molecule has 14 nitrogen and oxygen atoms in total. The van der Waals surface area contributed by atoms with Crippen LogP contribution in [0.5, 0.6) is 0 Å². The van der Waals surface area contributed by atoms with Gasteiger partial charge in [0.25, 0.3) is 0 Å². The highest BCUT2D eigenvalue weighted by Gasteiger charge is 2.32. The molecule has 1 aromatic rings. The second-order valence-corrected chi connectivity index (χ2v) is 7.29. The van der Waals surface area contributed by atoms with Crippen molar-refractivity contribution in [3.05, 3.63) is 18.2 Å². The van der Waals surface area contributed by atoms with E-state index in [4.69, 9.17) is 11.5 Å². The third-order valence-corrected chi connectivity index (χ3v) is 4.59. The molecule has 0 radical (unpaired) electrons. The molecule has 0 saturated carbocycles. The van der Waals surface area contributed by atoms with Crippen LogP contribution in [0.1, 0.15) is 19.0 Å². The number of primary amides is 1. The molecule has 5 atom stereocenters. The highest BCUT2D eigenvalue weighted by atomic mass is 32.1. The van der Waals surface area contributed by atoms with Crippen molar-refractivity contribution in [1.82, 2.24) is 25.9 Å². The Bertz CT molecular complexity index is 818. The highest BCUT2D eigenvalue weighted by Crippen LogP contribution is 2.02. The van der Waals surface area contributed by atoms with Crippen LogP contribution in [-0.4, -0.2) is 85.8 Å². The van der Waals surface area contributed by atoms with Crippen LogP contribution in [0, 0.1) is 0 Å². The molecule has 0 saturated heterocycles. The fourth-order valence-corrected chi connectivity index (χ4v) is 2.78. The van der Waals surface area contributed by atoms with Crippen molar-refractivity contribution in [3.63, 3.8) is 0 Å². The van der Waals surface area contributed by atoms with Gasteiger partial charge in [0.2, 0.25) is 23.6 Å². The maximum atomic E-state index is 12.6. The Morgan fingerprint density at radius 2 is 1.75 bits per heavy atom. The number of carboxylic acid groups (broad SMARTS) is 1. The lowest BCUT2D eigenvalue weighted by atomic mass is 10.1. The van der Waals surface area contributed by atoms with Crippen LogP contribution in [-0.2, 0) is 30.4 Å². The molecule has 5 unspecified atom stereocenters. The number of H-pyrrole nitrogens is 1. The molecule has 1 rings (SSSR count). The van der Waals surface area contributed by atoms with Crippen molar-refractivity contribution in [1.29, 1.82) is 0 Å². The summed E-state index contributed by atoms with van der Waals surface area (Å²) in [4.78, 5) is 66.0. The Morgan fingerprint density at radius 1 is 1.12 bits per heavy atom. The van der Waals surface area contributed by atoms with Gasteiger partial charge < -0.3 is 42.6 Å². The molecule has 0 fully saturated rings. The summed E-state index contributed by atoms with van der Waals surface area (Å²) in [7, 11) is 0. The second-order valence-electron chi connectivity index (χ2n) is 6.93. The number of nitrogens with two attached hydrogens (primary N) is 2. The third kappa shape index (κ3) is 8.52. The van der Waals surface area contributed by atoms with E-state index in [1.807, 2.05) is 0 Å². The van der Waals surface area contributed by atoms with Crippen molar-refractivity contribution < 1.29 is 34.2 Å². The number of hydrogen-bond donors (Lipinski definition) is 9. The van der Waals surface area contributed by atoms with Gasteiger partial charge in [0.05, 0.1) is 24.9 Å². The number of aromatic nitrogens is 2. The minimum atomic E-state index is -1.52. The number of amides is 4. The molecule has 15 heteroatoms. The summed E-state index contributed by atoms with van der Waals surface area (Å²) in [5.74, 6) is -5.07. The molecule has 10 N–H and O–H groups in total. The van der Waals surface area contributed by atoms with E-state index in [0.29, 0.717) is 5.69 Å². The second kappa shape index (κ2) is 12.6. The van der Waals surface area contributed by atoms with Crippen molar-refractivity contribution in [3.8, 4) is 0 Å². The van der Waals surface area contributed by atoms with Gasteiger partial charge in [0.1, 0.15) is 18.1 Å². The largest absolute Gasteiger partial charge is 0.480 e. The number of aromatic amines is 1. The predicted molar refractivity (Wildman–Crippen MR) is 113 cm³/mol. The number of hydrogen-bond acceptors (Lipinski definition) is 9. The smallest absolute Gasteiger partial charge is 0.326 e. The van der Waals surface area contributed by atoms with E-state index in [-0.39, 0.29) is 12.2 Å². The van der Waals surface area contributed by atoms with E-state index in [9.17, 15) is 34.2 Å². The zero-order chi connectivity index (χ0) is 24.4. The zero-order valence-electron chi connectivity index (χ0n) is 17.1. The molecule has 1 aromatic heterocycles. The summed E-state index contributed by atoms with van der Waals surface area (Å²) >= 11 is 3.99. The van der Waals surface area contributed by atoms with Crippen LogP contribution in [0.15, 0.2) is 12.5 Å². The first kappa shape index (κ1) is 26.9. The lowest BCUT2D eigenvalue weighted by molar-refractivity contribution is -0.142. The minimum Gasteiger partial charge on any atom is -0.480 e. The summed E-state index contributed by atoms with van der Waals surface area (Å²) < 4.78 is 0. The Kier molecular flexibility index (Phi) is 10.6. The van der Waals surface area contributed by atoms with Gasteiger partial charge in [-0.3, -0.25) is 19.2 Å². The van der Waals surface area contributed by atoms with Gasteiger partial charge in [-0.2, -0.15) is 12.6 Å². The molecule has 4 amide bonds. The van der Waals surface area contributed by atoms with Crippen LogP contribution in [0.3, 0.4) is 0 Å². The number of carboxylic acids is 1. The molecule has 0 bridgehead atoms. The first-order valence-corrected chi connectivity index (χ1v) is 10.0. The number of carbonyl (C=O) groups excluding carboxylic acids is 4. The number of nitrogens with zero attached hydrogens (tertiary/aromatic N) is 1. The Morgan fingerprint density at radius 3 is 2.22 bits per heavy atom. The topological polar surface area (TPSA) is 243 Å². The van der Waals surface area contributed by atoms with Crippen LogP contribution in [0.25, 0.3) is 0 Å². The summed E-state index contributed by atoms with van der Waals surface area (Å²) in [5.41, 5.74) is 11.0. The molecule has 0 spiro atoms. The monoisotopic (exact) mass is 473 g/mol. The van der Waals surface area contributed by atoms with Gasteiger partial charge in [0.15, 0.2) is 0 Å². The first-order chi connectivity index (χ1) is 15.0. The molecule has 0 aliphatic rings. The number of aliphatic carboxylic acids is 1. The van der Waals surface area contributed by atoms with Crippen LogP contribution in [0.4, 0.5) is 0 Å². The van der Waals surface area contributed by atoms with Crippen LogP contribution >= 0.6 is 12.6 Å². The van der Waals surface area contributed by atoms with E-state index >= 15 is 0 Å². The maximum Gasteiger partial charge on any atom is 0.326 e.